The molecule has 1 unspecified atom stereocenters. The van der Waals surface area contributed by atoms with E-state index >= 15 is 0 Å². The zero-order valence-electron chi connectivity index (χ0n) is 25.1. The third kappa shape index (κ3) is 8.68. The van der Waals surface area contributed by atoms with Crippen molar-refractivity contribution in [3.05, 3.63) is 58.1 Å². The number of hydrogen-bond acceptors (Lipinski definition) is 7. The molecule has 4 rings (SSSR count). The van der Waals surface area contributed by atoms with E-state index in [9.17, 15) is 19.2 Å². The summed E-state index contributed by atoms with van der Waals surface area (Å²) in [5.74, 6) is -0.512. The summed E-state index contributed by atoms with van der Waals surface area (Å²) in [6.45, 7) is 9.47. The van der Waals surface area contributed by atoms with E-state index in [1.807, 2.05) is 33.8 Å². The molecule has 2 heterocycles. The van der Waals surface area contributed by atoms with E-state index in [0.717, 1.165) is 17.5 Å². The van der Waals surface area contributed by atoms with Crippen LogP contribution < -0.4 is 26.4 Å². The molecule has 11 nitrogen and oxygen atoms in total. The van der Waals surface area contributed by atoms with Crippen LogP contribution >= 0.6 is 11.6 Å². The highest BCUT2D eigenvalue weighted by atomic mass is 35.5. The predicted octanol–water partition coefficient (Wildman–Crippen LogP) is 4.11. The van der Waals surface area contributed by atoms with Gasteiger partial charge in [-0.15, -0.1) is 0 Å². The van der Waals surface area contributed by atoms with Gasteiger partial charge in [-0.1, -0.05) is 23.7 Å². The van der Waals surface area contributed by atoms with E-state index in [0.29, 0.717) is 48.0 Å². The monoisotopic (exact) mass is 613 g/mol. The van der Waals surface area contributed by atoms with Crippen LogP contribution in [0.25, 0.3) is 0 Å². The number of amides is 5. The number of hydrogen-bond donors (Lipinski definition) is 4. The van der Waals surface area contributed by atoms with Gasteiger partial charge in [0.1, 0.15) is 17.4 Å². The number of rotatable bonds is 12. The van der Waals surface area contributed by atoms with Gasteiger partial charge in [0.15, 0.2) is 0 Å². The van der Waals surface area contributed by atoms with Crippen molar-refractivity contribution in [1.29, 1.82) is 0 Å². The van der Waals surface area contributed by atoms with E-state index in [-0.39, 0.29) is 36.9 Å². The number of piperidine rings is 1. The van der Waals surface area contributed by atoms with Crippen LogP contribution in [0.5, 0.6) is 5.75 Å². The van der Waals surface area contributed by atoms with Crippen LogP contribution in [0.15, 0.2) is 36.4 Å². The molecule has 0 saturated carbocycles. The summed E-state index contributed by atoms with van der Waals surface area (Å²) >= 11 is 6.32. The number of urea groups is 1. The largest absolute Gasteiger partial charge is 0.488 e. The van der Waals surface area contributed by atoms with Crippen molar-refractivity contribution in [2.75, 3.05) is 18.5 Å². The number of anilines is 1. The van der Waals surface area contributed by atoms with Crippen molar-refractivity contribution in [2.45, 2.75) is 83.7 Å². The second kappa shape index (κ2) is 13.3. The standard InChI is InChI=1S/C31H40ClN5O6/c1-30(2,9-11-33)42-12-10-31(3,4)43-23-15-21(32)14-22(16-23)35-29(41)34-17-19-5-6-24-20(13-19)18-37(28(24)40)25-7-8-26(38)36-27(25)39/h5-6,13-16,25H,7-12,17-18,33H2,1-4H3,(H2,34,35,41)(H,36,38,39). The Labute approximate surface area is 256 Å². The van der Waals surface area contributed by atoms with E-state index in [2.05, 4.69) is 16.0 Å². The summed E-state index contributed by atoms with van der Waals surface area (Å²) in [7, 11) is 0. The molecular formula is C31H40ClN5O6. The number of nitrogens with one attached hydrogen (secondary N) is 3. The Morgan fingerprint density at radius 3 is 2.58 bits per heavy atom. The summed E-state index contributed by atoms with van der Waals surface area (Å²) in [6, 6.07) is 9.21. The quantitative estimate of drug-likeness (QED) is 0.263. The molecule has 12 heteroatoms. The number of carbonyl (C=O) groups excluding carboxylic acids is 4. The van der Waals surface area contributed by atoms with Gasteiger partial charge in [0, 0.05) is 48.3 Å². The maximum atomic E-state index is 12.9. The molecule has 0 aliphatic carbocycles. The summed E-state index contributed by atoms with van der Waals surface area (Å²) in [6.07, 6.45) is 1.89. The summed E-state index contributed by atoms with van der Waals surface area (Å²) in [5.41, 5.74) is 7.34. The number of fused-ring (bicyclic) bond motifs is 1. The second-order valence-electron chi connectivity index (χ2n) is 12.1. The highest BCUT2D eigenvalue weighted by molar-refractivity contribution is 6.31. The summed E-state index contributed by atoms with van der Waals surface area (Å²) in [4.78, 5) is 50.9. The Kier molecular flexibility index (Phi) is 9.99. The molecule has 0 spiro atoms. The molecule has 2 aromatic rings. The summed E-state index contributed by atoms with van der Waals surface area (Å²) in [5, 5.41) is 8.32. The molecule has 0 bridgehead atoms. The molecule has 2 aliphatic rings. The van der Waals surface area contributed by atoms with Crippen LogP contribution in [-0.4, -0.2) is 59.0 Å². The smallest absolute Gasteiger partial charge is 0.319 e. The minimum Gasteiger partial charge on any atom is -0.488 e. The first-order valence-electron chi connectivity index (χ1n) is 14.4. The Morgan fingerprint density at radius 2 is 1.86 bits per heavy atom. The van der Waals surface area contributed by atoms with Gasteiger partial charge in [-0.05, 0) is 76.4 Å². The third-order valence-electron chi connectivity index (χ3n) is 7.51. The second-order valence-corrected chi connectivity index (χ2v) is 12.6. The fraction of sp³-hybridized carbons (Fsp3) is 0.484. The molecule has 5 amide bonds. The van der Waals surface area contributed by atoms with Gasteiger partial charge >= 0.3 is 6.03 Å². The SMILES string of the molecule is CC(C)(CCN)OCCC(C)(C)Oc1cc(Cl)cc(NC(=O)NCc2ccc3c(c2)CN(C2CCC(=O)NC2=O)C3=O)c1. The normalized spacial score (nSPS) is 17.0. The minimum absolute atomic E-state index is 0.196. The van der Waals surface area contributed by atoms with E-state index in [4.69, 9.17) is 26.8 Å². The van der Waals surface area contributed by atoms with Crippen molar-refractivity contribution in [2.24, 2.45) is 5.73 Å². The number of nitrogens with two attached hydrogens (primary N) is 1. The number of ether oxygens (including phenoxy) is 2. The molecule has 0 aromatic heterocycles. The van der Waals surface area contributed by atoms with Crippen LogP contribution in [0.1, 0.15) is 74.9 Å². The van der Waals surface area contributed by atoms with Gasteiger partial charge in [0.2, 0.25) is 11.8 Å². The predicted molar refractivity (Wildman–Crippen MR) is 163 cm³/mol. The lowest BCUT2D eigenvalue weighted by molar-refractivity contribution is -0.136. The molecular weight excluding hydrogens is 574 g/mol. The Morgan fingerprint density at radius 1 is 1.09 bits per heavy atom. The number of halogens is 1. The van der Waals surface area contributed by atoms with Crippen LogP contribution in [-0.2, 0) is 27.4 Å². The van der Waals surface area contributed by atoms with Crippen LogP contribution in [0, 0.1) is 0 Å². The van der Waals surface area contributed by atoms with Crippen molar-refractivity contribution in [3.63, 3.8) is 0 Å². The fourth-order valence-electron chi connectivity index (χ4n) is 5.15. The molecule has 2 aliphatic heterocycles. The van der Waals surface area contributed by atoms with Crippen molar-refractivity contribution in [3.8, 4) is 5.75 Å². The van der Waals surface area contributed by atoms with Gasteiger partial charge in [0.25, 0.3) is 5.91 Å². The van der Waals surface area contributed by atoms with Crippen LogP contribution in [0.2, 0.25) is 5.02 Å². The highest BCUT2D eigenvalue weighted by Crippen LogP contribution is 2.30. The Bertz CT molecular complexity index is 1390. The molecule has 0 radical (unpaired) electrons. The van der Waals surface area contributed by atoms with Crippen molar-refractivity contribution in [1.82, 2.24) is 15.5 Å². The maximum Gasteiger partial charge on any atom is 0.319 e. The summed E-state index contributed by atoms with van der Waals surface area (Å²) < 4.78 is 12.2. The van der Waals surface area contributed by atoms with E-state index in [1.165, 1.54) is 4.90 Å². The topological polar surface area (TPSA) is 152 Å². The molecule has 1 fully saturated rings. The number of benzene rings is 2. The first-order chi connectivity index (χ1) is 20.2. The van der Waals surface area contributed by atoms with Gasteiger partial charge in [0.05, 0.1) is 12.2 Å². The zero-order valence-corrected chi connectivity index (χ0v) is 25.8. The van der Waals surface area contributed by atoms with Gasteiger partial charge < -0.3 is 30.7 Å². The first-order valence-corrected chi connectivity index (χ1v) is 14.8. The van der Waals surface area contributed by atoms with Gasteiger partial charge in [-0.25, -0.2) is 4.79 Å². The number of carbonyl (C=O) groups is 4. The molecule has 43 heavy (non-hydrogen) atoms. The molecule has 1 saturated heterocycles. The first kappa shape index (κ1) is 32.2. The van der Waals surface area contributed by atoms with E-state index < -0.39 is 23.6 Å². The zero-order chi connectivity index (χ0) is 31.4. The lowest BCUT2D eigenvalue weighted by Gasteiger charge is -2.30. The Hall–Kier alpha value is -3.67. The lowest BCUT2D eigenvalue weighted by atomic mass is 10.0. The average Bonchev–Trinajstić information content (AvgIpc) is 3.21. The molecule has 2 aromatic carbocycles. The van der Waals surface area contributed by atoms with Crippen molar-refractivity contribution < 1.29 is 28.7 Å². The molecule has 1 atom stereocenters. The van der Waals surface area contributed by atoms with Gasteiger partial charge in [-0.2, -0.15) is 0 Å². The van der Waals surface area contributed by atoms with E-state index in [1.54, 1.807) is 30.3 Å². The maximum absolute atomic E-state index is 12.9. The number of imide groups is 1. The number of nitrogens with zero attached hydrogens (tertiary/aromatic N) is 1. The fourth-order valence-corrected chi connectivity index (χ4v) is 5.38. The lowest BCUT2D eigenvalue weighted by Crippen LogP contribution is -2.52. The van der Waals surface area contributed by atoms with Crippen LogP contribution in [0.4, 0.5) is 10.5 Å². The van der Waals surface area contributed by atoms with Gasteiger partial charge in [-0.3, -0.25) is 19.7 Å². The third-order valence-corrected chi connectivity index (χ3v) is 7.73. The van der Waals surface area contributed by atoms with Crippen LogP contribution in [0.3, 0.4) is 0 Å². The molecule has 5 N–H and O–H groups in total. The molecule has 232 valence electrons. The minimum atomic E-state index is -0.677. The van der Waals surface area contributed by atoms with Crippen molar-refractivity contribution >= 4 is 41.0 Å². The highest BCUT2D eigenvalue weighted by Gasteiger charge is 2.39. The average molecular weight is 614 g/mol. The Balaban J connectivity index is 1.30.